The molecule has 0 spiro atoms. The van der Waals surface area contributed by atoms with Crippen molar-refractivity contribution in [3.05, 3.63) is 47.3 Å². The minimum atomic E-state index is -3.74. The molecule has 2 N–H and O–H groups in total. The normalized spacial score (nSPS) is 14.8. The van der Waals surface area contributed by atoms with Gasteiger partial charge >= 0.3 is 0 Å². The lowest BCUT2D eigenvalue weighted by molar-refractivity contribution is 0.0787. The van der Waals surface area contributed by atoms with Gasteiger partial charge in [-0.15, -0.1) is 0 Å². The fraction of sp³-hybridized carbons (Fsp3) is 0.353. The van der Waals surface area contributed by atoms with E-state index in [1.807, 2.05) is 19.9 Å². The maximum Gasteiger partial charge on any atom is 0.270 e. The van der Waals surface area contributed by atoms with Gasteiger partial charge in [-0.05, 0) is 49.9 Å². The molecule has 2 heterocycles. The molecule has 0 atom stereocenters. The third kappa shape index (κ3) is 3.17. The number of hydrogen-bond acceptors (Lipinski definition) is 3. The Labute approximate surface area is 141 Å². The first-order valence-electron chi connectivity index (χ1n) is 7.95. The molecule has 7 heteroatoms. The molecule has 0 saturated carbocycles. The molecular formula is C17H21N3O3S. The van der Waals surface area contributed by atoms with Gasteiger partial charge in [0.1, 0.15) is 10.6 Å². The van der Waals surface area contributed by atoms with Crippen molar-refractivity contribution in [3.63, 3.8) is 0 Å². The summed E-state index contributed by atoms with van der Waals surface area (Å²) in [6.45, 7) is 5.24. The molecule has 1 saturated heterocycles. The molecule has 0 aliphatic carbocycles. The van der Waals surface area contributed by atoms with Crippen LogP contribution in [0.15, 0.2) is 35.4 Å². The summed E-state index contributed by atoms with van der Waals surface area (Å²) in [7, 11) is -3.74. The molecule has 0 unspecified atom stereocenters. The van der Waals surface area contributed by atoms with Gasteiger partial charge in [-0.1, -0.05) is 12.1 Å². The summed E-state index contributed by atoms with van der Waals surface area (Å²) in [6.07, 6.45) is 3.34. The van der Waals surface area contributed by atoms with Crippen LogP contribution in [0.25, 0.3) is 0 Å². The summed E-state index contributed by atoms with van der Waals surface area (Å²) in [5.74, 6) is -0.152. The predicted molar refractivity (Wildman–Crippen MR) is 92.7 cm³/mol. The van der Waals surface area contributed by atoms with Crippen LogP contribution in [0, 0.1) is 13.8 Å². The Hall–Kier alpha value is -2.28. The van der Waals surface area contributed by atoms with Crippen LogP contribution in [-0.2, 0) is 10.0 Å². The number of nitrogens with zero attached hydrogens (tertiary/aromatic N) is 1. The number of aromatic nitrogens is 1. The highest BCUT2D eigenvalue weighted by Gasteiger charge is 2.24. The Kier molecular flexibility index (Phi) is 4.36. The lowest BCUT2D eigenvalue weighted by Gasteiger charge is -2.13. The van der Waals surface area contributed by atoms with Crippen LogP contribution in [0.2, 0.25) is 0 Å². The van der Waals surface area contributed by atoms with Gasteiger partial charge < -0.3 is 9.88 Å². The van der Waals surface area contributed by atoms with E-state index in [2.05, 4.69) is 9.71 Å². The van der Waals surface area contributed by atoms with Crippen molar-refractivity contribution >= 4 is 21.6 Å². The molecule has 3 rings (SSSR count). The molecule has 0 bridgehead atoms. The molecular weight excluding hydrogens is 326 g/mol. The van der Waals surface area contributed by atoms with Crippen LogP contribution in [0.1, 0.15) is 34.5 Å². The van der Waals surface area contributed by atoms with E-state index in [1.54, 1.807) is 17.0 Å². The highest BCUT2D eigenvalue weighted by atomic mass is 32.2. The summed E-state index contributed by atoms with van der Waals surface area (Å²) in [5, 5.41) is 0. The fourth-order valence-electron chi connectivity index (χ4n) is 2.81. The first kappa shape index (κ1) is 16.6. The van der Waals surface area contributed by atoms with E-state index in [4.69, 9.17) is 0 Å². The van der Waals surface area contributed by atoms with Gasteiger partial charge in [0.05, 0.1) is 5.69 Å². The molecule has 1 amide bonds. The summed E-state index contributed by atoms with van der Waals surface area (Å²) in [4.78, 5) is 16.9. The Bertz CT molecular complexity index is 865. The topological polar surface area (TPSA) is 82.3 Å². The first-order chi connectivity index (χ1) is 11.4. The van der Waals surface area contributed by atoms with E-state index < -0.39 is 10.0 Å². The molecule has 2 aromatic rings. The molecule has 1 aliphatic rings. The second-order valence-corrected chi connectivity index (χ2v) is 7.78. The number of anilines is 1. The SMILES string of the molecule is Cc1cccc(NS(=O)(=O)c2c[nH]c(C(=O)N3CCCC3)c2)c1C. The number of sulfonamides is 1. The van der Waals surface area contributed by atoms with Crippen molar-refractivity contribution in [3.8, 4) is 0 Å². The number of aromatic amines is 1. The van der Waals surface area contributed by atoms with Crippen molar-refractivity contribution in [2.45, 2.75) is 31.6 Å². The van der Waals surface area contributed by atoms with Gasteiger partial charge in [-0.2, -0.15) is 0 Å². The highest BCUT2D eigenvalue weighted by molar-refractivity contribution is 7.92. The van der Waals surface area contributed by atoms with Gasteiger partial charge in [0, 0.05) is 19.3 Å². The number of likely N-dealkylation sites (tertiary alicyclic amines) is 1. The number of carbonyl (C=O) groups excluding carboxylic acids is 1. The van der Waals surface area contributed by atoms with Crippen molar-refractivity contribution in [1.82, 2.24) is 9.88 Å². The number of rotatable bonds is 4. The Morgan fingerprint density at radius 1 is 1.21 bits per heavy atom. The third-order valence-electron chi connectivity index (χ3n) is 4.44. The summed E-state index contributed by atoms with van der Waals surface area (Å²) in [6, 6.07) is 6.85. The predicted octanol–water partition coefficient (Wildman–Crippen LogP) is 2.67. The monoisotopic (exact) mass is 347 g/mol. The zero-order valence-electron chi connectivity index (χ0n) is 13.8. The first-order valence-corrected chi connectivity index (χ1v) is 9.43. The molecule has 1 aromatic carbocycles. The van der Waals surface area contributed by atoms with E-state index in [-0.39, 0.29) is 10.8 Å². The number of nitrogens with one attached hydrogen (secondary N) is 2. The van der Waals surface area contributed by atoms with Gasteiger partial charge in [-0.25, -0.2) is 8.42 Å². The number of aryl methyl sites for hydroxylation is 1. The zero-order valence-corrected chi connectivity index (χ0v) is 14.6. The maximum atomic E-state index is 12.6. The average Bonchev–Trinajstić information content (AvgIpc) is 3.22. The van der Waals surface area contributed by atoms with Gasteiger partial charge in [-0.3, -0.25) is 9.52 Å². The lowest BCUT2D eigenvalue weighted by atomic mass is 10.1. The Morgan fingerprint density at radius 2 is 1.92 bits per heavy atom. The summed E-state index contributed by atoms with van der Waals surface area (Å²) >= 11 is 0. The minimum absolute atomic E-state index is 0.0611. The standard InChI is InChI=1S/C17H21N3O3S/c1-12-6-5-7-15(13(12)2)19-24(22,23)14-10-16(18-11-14)17(21)20-8-3-4-9-20/h5-7,10-11,18-19H,3-4,8-9H2,1-2H3. The molecule has 1 aromatic heterocycles. The molecule has 0 radical (unpaired) electrons. The van der Waals surface area contributed by atoms with Crippen molar-refractivity contribution in [1.29, 1.82) is 0 Å². The lowest BCUT2D eigenvalue weighted by Crippen LogP contribution is -2.27. The van der Waals surface area contributed by atoms with E-state index >= 15 is 0 Å². The van der Waals surface area contributed by atoms with Crippen LogP contribution in [-0.4, -0.2) is 37.3 Å². The number of benzene rings is 1. The van der Waals surface area contributed by atoms with E-state index in [0.717, 1.165) is 37.1 Å². The smallest absolute Gasteiger partial charge is 0.270 e. The molecule has 128 valence electrons. The second kappa shape index (κ2) is 6.32. The zero-order chi connectivity index (χ0) is 17.3. The van der Waals surface area contributed by atoms with Crippen LogP contribution in [0.4, 0.5) is 5.69 Å². The van der Waals surface area contributed by atoms with Crippen molar-refractivity contribution in [2.24, 2.45) is 0 Å². The van der Waals surface area contributed by atoms with Crippen LogP contribution >= 0.6 is 0 Å². The van der Waals surface area contributed by atoms with E-state index in [0.29, 0.717) is 11.4 Å². The van der Waals surface area contributed by atoms with Crippen molar-refractivity contribution < 1.29 is 13.2 Å². The largest absolute Gasteiger partial charge is 0.356 e. The molecule has 1 aliphatic heterocycles. The number of H-pyrrole nitrogens is 1. The quantitative estimate of drug-likeness (QED) is 0.892. The van der Waals surface area contributed by atoms with Crippen LogP contribution in [0.3, 0.4) is 0 Å². The van der Waals surface area contributed by atoms with E-state index in [1.165, 1.54) is 12.3 Å². The van der Waals surface area contributed by atoms with Crippen molar-refractivity contribution in [2.75, 3.05) is 17.8 Å². The minimum Gasteiger partial charge on any atom is -0.356 e. The Balaban J connectivity index is 1.83. The van der Waals surface area contributed by atoms with E-state index in [9.17, 15) is 13.2 Å². The van der Waals surface area contributed by atoms with Gasteiger partial charge in [0.25, 0.3) is 15.9 Å². The van der Waals surface area contributed by atoms with Gasteiger partial charge in [0.2, 0.25) is 0 Å². The maximum absolute atomic E-state index is 12.6. The number of amides is 1. The Morgan fingerprint density at radius 3 is 2.62 bits per heavy atom. The van der Waals surface area contributed by atoms with Crippen LogP contribution < -0.4 is 4.72 Å². The summed E-state index contributed by atoms with van der Waals surface area (Å²) in [5.41, 5.74) is 2.74. The molecule has 6 nitrogen and oxygen atoms in total. The number of hydrogen-bond donors (Lipinski definition) is 2. The second-order valence-electron chi connectivity index (χ2n) is 6.10. The van der Waals surface area contributed by atoms with Crippen LogP contribution in [0.5, 0.6) is 0 Å². The third-order valence-corrected chi connectivity index (χ3v) is 5.78. The average molecular weight is 347 g/mol. The summed E-state index contributed by atoms with van der Waals surface area (Å²) < 4.78 is 27.7. The fourth-order valence-corrected chi connectivity index (χ4v) is 3.92. The molecule has 1 fully saturated rings. The molecule has 24 heavy (non-hydrogen) atoms. The highest BCUT2D eigenvalue weighted by Crippen LogP contribution is 2.23. The number of carbonyl (C=O) groups is 1. The van der Waals surface area contributed by atoms with Gasteiger partial charge in [0.15, 0.2) is 0 Å².